The van der Waals surface area contributed by atoms with Crippen molar-refractivity contribution in [2.45, 2.75) is 26.1 Å². The van der Waals surface area contributed by atoms with Gasteiger partial charge in [0.05, 0.1) is 0 Å². The van der Waals surface area contributed by atoms with Crippen LogP contribution in [0.4, 0.5) is 17.1 Å². The van der Waals surface area contributed by atoms with Crippen molar-refractivity contribution in [3.63, 3.8) is 0 Å². The molecule has 0 saturated carbocycles. The van der Waals surface area contributed by atoms with Crippen LogP contribution < -0.4 is 24.4 Å². The molecule has 0 amide bonds. The molecule has 24 heavy (non-hydrogen) atoms. The molecule has 0 fully saturated rings. The standard InChI is InChI=1S/C18H19BIN3O/c1-13(24)16-10-11-23(20-19-2)18-9-8-15(12-17(16)18)22-21-14-6-4-3-5-7-14/h3-9,12,16H,10-11H2,1-2H3/q-1. The Morgan fingerprint density at radius 1 is 1.17 bits per heavy atom. The Morgan fingerprint density at radius 2 is 1.92 bits per heavy atom. The van der Waals surface area contributed by atoms with Gasteiger partial charge in [-0.3, -0.25) is 0 Å². The predicted molar refractivity (Wildman–Crippen MR) is 94.1 cm³/mol. The molecule has 2 aromatic rings. The zero-order valence-corrected chi connectivity index (χ0v) is 16.0. The van der Waals surface area contributed by atoms with Crippen LogP contribution in [0.5, 0.6) is 0 Å². The van der Waals surface area contributed by atoms with E-state index in [-0.39, 0.29) is 33.0 Å². The van der Waals surface area contributed by atoms with Crippen LogP contribution in [-0.2, 0) is 4.79 Å². The molecular weight excluding hydrogens is 412 g/mol. The van der Waals surface area contributed by atoms with E-state index in [9.17, 15) is 4.79 Å². The first-order chi connectivity index (χ1) is 11.7. The van der Waals surface area contributed by atoms with Crippen molar-refractivity contribution in [1.82, 2.24) is 0 Å². The van der Waals surface area contributed by atoms with Crippen molar-refractivity contribution in [3.8, 4) is 0 Å². The minimum absolute atomic E-state index is 0.0241. The number of Topliss-reactive ketones (excluding diaryl/α,β-unsaturated/α-hetero) is 1. The third-order valence-electron chi connectivity index (χ3n) is 4.01. The molecule has 1 unspecified atom stereocenters. The van der Waals surface area contributed by atoms with Crippen LogP contribution in [0.1, 0.15) is 24.8 Å². The Morgan fingerprint density at radius 3 is 2.62 bits per heavy atom. The van der Waals surface area contributed by atoms with Gasteiger partial charge in [-0.25, -0.2) is 0 Å². The SMILES string of the molecule is C[B][I-]N1CCC(C(C)=O)c2cc(N=Nc3ccccc3)ccc21. The quantitative estimate of drug-likeness (QED) is 0.313. The van der Waals surface area contributed by atoms with E-state index in [0.717, 1.165) is 29.9 Å². The van der Waals surface area contributed by atoms with E-state index in [1.165, 1.54) is 5.69 Å². The summed E-state index contributed by atoms with van der Waals surface area (Å²) in [6, 6.07) is 15.8. The first-order valence-electron chi connectivity index (χ1n) is 7.99. The summed E-state index contributed by atoms with van der Waals surface area (Å²) < 4.78 is 2.42. The second-order valence-corrected chi connectivity index (χ2v) is 8.60. The average Bonchev–Trinajstić information content (AvgIpc) is 2.61. The van der Waals surface area contributed by atoms with Crippen molar-refractivity contribution in [3.05, 3.63) is 54.1 Å². The Kier molecular flexibility index (Phi) is 5.65. The fourth-order valence-electron chi connectivity index (χ4n) is 2.87. The van der Waals surface area contributed by atoms with E-state index in [4.69, 9.17) is 0 Å². The predicted octanol–water partition coefficient (Wildman–Crippen LogP) is 1.66. The van der Waals surface area contributed by atoms with E-state index in [2.05, 4.69) is 31.4 Å². The van der Waals surface area contributed by atoms with Crippen molar-refractivity contribution in [1.29, 1.82) is 0 Å². The number of carbonyl (C=O) groups is 1. The van der Waals surface area contributed by atoms with Gasteiger partial charge in [-0.15, -0.1) is 0 Å². The van der Waals surface area contributed by atoms with Gasteiger partial charge >= 0.3 is 154 Å². The number of fused-ring (bicyclic) bond motifs is 1. The summed E-state index contributed by atoms with van der Waals surface area (Å²) in [5, 5.41) is 10.9. The molecule has 1 aliphatic rings. The molecule has 3 rings (SSSR count). The van der Waals surface area contributed by atoms with Crippen molar-refractivity contribution in [2.75, 3.05) is 9.66 Å². The Labute approximate surface area is 154 Å². The number of anilines is 1. The van der Waals surface area contributed by atoms with Crippen LogP contribution in [-0.4, -0.2) is 17.5 Å². The molecule has 0 saturated heterocycles. The maximum atomic E-state index is 12.0. The molecular formula is C18H19BIN3O-. The average molecular weight is 431 g/mol. The van der Waals surface area contributed by atoms with Crippen LogP contribution in [0.25, 0.3) is 0 Å². The molecule has 1 heterocycles. The molecule has 0 spiro atoms. The molecule has 1 radical (unpaired) electrons. The number of benzene rings is 2. The number of hydrogen-bond acceptors (Lipinski definition) is 4. The first-order valence-corrected chi connectivity index (χ1v) is 10.2. The van der Waals surface area contributed by atoms with Crippen LogP contribution >= 0.6 is 0 Å². The summed E-state index contributed by atoms with van der Waals surface area (Å²) in [6.45, 7) is 4.75. The van der Waals surface area contributed by atoms with Crippen LogP contribution in [0.3, 0.4) is 0 Å². The second-order valence-electron chi connectivity index (χ2n) is 5.63. The molecule has 2 aromatic carbocycles. The molecule has 123 valence electrons. The zero-order chi connectivity index (χ0) is 16.9. The van der Waals surface area contributed by atoms with Gasteiger partial charge in [-0.1, -0.05) is 0 Å². The van der Waals surface area contributed by atoms with E-state index >= 15 is 0 Å². The molecule has 0 bridgehead atoms. The van der Waals surface area contributed by atoms with E-state index in [0.29, 0.717) is 0 Å². The van der Waals surface area contributed by atoms with E-state index in [1.807, 2.05) is 42.5 Å². The Hall–Kier alpha value is -1.70. The number of ketones is 1. The molecule has 0 N–H and O–H groups in total. The van der Waals surface area contributed by atoms with Gasteiger partial charge in [0, 0.05) is 0 Å². The van der Waals surface area contributed by atoms with E-state index in [1.54, 1.807) is 6.92 Å². The van der Waals surface area contributed by atoms with Gasteiger partial charge < -0.3 is 0 Å². The van der Waals surface area contributed by atoms with Crippen molar-refractivity contribution in [2.24, 2.45) is 10.2 Å². The number of rotatable bonds is 5. The summed E-state index contributed by atoms with van der Waals surface area (Å²) in [4.78, 5) is 12.0. The summed E-state index contributed by atoms with van der Waals surface area (Å²) in [5.41, 5.74) is 3.90. The summed E-state index contributed by atoms with van der Waals surface area (Å²) >= 11 is -0.133. The van der Waals surface area contributed by atoms with E-state index < -0.39 is 0 Å². The Balaban J connectivity index is 1.93. The minimum atomic E-state index is -0.133. The molecule has 1 aliphatic heterocycles. The molecule has 0 aromatic heterocycles. The normalized spacial score (nSPS) is 17.1. The van der Waals surface area contributed by atoms with Gasteiger partial charge in [0.2, 0.25) is 0 Å². The van der Waals surface area contributed by atoms with Crippen LogP contribution in [0.2, 0.25) is 6.82 Å². The van der Waals surface area contributed by atoms with Crippen LogP contribution in [0.15, 0.2) is 58.8 Å². The van der Waals surface area contributed by atoms with Gasteiger partial charge in [-0.05, 0) is 0 Å². The zero-order valence-electron chi connectivity index (χ0n) is 13.8. The number of nitrogens with zero attached hydrogens (tertiary/aromatic N) is 3. The third-order valence-corrected chi connectivity index (χ3v) is 6.24. The number of azo groups is 1. The summed E-state index contributed by atoms with van der Waals surface area (Å²) in [7, 11) is 0. The fraction of sp³-hybridized carbons (Fsp3) is 0.278. The molecule has 4 nitrogen and oxygen atoms in total. The van der Waals surface area contributed by atoms with Crippen LogP contribution in [0, 0.1) is 0 Å². The maximum absolute atomic E-state index is 12.0. The number of carbonyl (C=O) groups excluding carboxylic acids is 1. The van der Waals surface area contributed by atoms with Gasteiger partial charge in [0.15, 0.2) is 0 Å². The summed E-state index contributed by atoms with van der Waals surface area (Å²) in [5.74, 6) is 0.204. The number of halogens is 1. The first kappa shape index (κ1) is 17.1. The van der Waals surface area contributed by atoms with Gasteiger partial charge in [0.1, 0.15) is 0 Å². The Bertz CT molecular complexity index is 751. The number of hydrogen-bond donors (Lipinski definition) is 0. The molecule has 1 atom stereocenters. The van der Waals surface area contributed by atoms with Gasteiger partial charge in [-0.2, -0.15) is 0 Å². The van der Waals surface area contributed by atoms with Gasteiger partial charge in [0.25, 0.3) is 0 Å². The topological polar surface area (TPSA) is 45.0 Å². The second kappa shape index (κ2) is 7.92. The summed E-state index contributed by atoms with van der Waals surface area (Å²) in [6.07, 6.45) is 0.884. The molecule has 0 aliphatic carbocycles. The van der Waals surface area contributed by atoms with Crippen molar-refractivity contribution < 1.29 is 26.1 Å². The fourth-order valence-corrected chi connectivity index (χ4v) is 4.84. The molecule has 6 heteroatoms. The van der Waals surface area contributed by atoms with Crippen molar-refractivity contribution >= 4 is 28.0 Å². The third kappa shape index (κ3) is 3.86. The monoisotopic (exact) mass is 431 g/mol.